The van der Waals surface area contributed by atoms with Gasteiger partial charge in [0.25, 0.3) is 0 Å². The summed E-state index contributed by atoms with van der Waals surface area (Å²) in [6.07, 6.45) is 0.492. The van der Waals surface area contributed by atoms with Crippen LogP contribution in [-0.2, 0) is 11.3 Å². The quantitative estimate of drug-likeness (QED) is 0.631. The van der Waals surface area contributed by atoms with Crippen molar-refractivity contribution in [2.75, 3.05) is 11.4 Å². The predicted octanol–water partition coefficient (Wildman–Crippen LogP) is 4.75. The van der Waals surface area contributed by atoms with Crippen LogP contribution in [0.15, 0.2) is 54.6 Å². The van der Waals surface area contributed by atoms with Gasteiger partial charge in [0.15, 0.2) is 0 Å². The molecule has 1 saturated heterocycles. The van der Waals surface area contributed by atoms with Gasteiger partial charge >= 0.3 is 0 Å². The van der Waals surface area contributed by atoms with E-state index in [4.69, 9.17) is 4.98 Å². The number of fused-ring (bicyclic) bond motifs is 1. The number of carbonyl (C=O) groups is 1. The largest absolute Gasteiger partial charge is 0.324 e. The van der Waals surface area contributed by atoms with Gasteiger partial charge in [0.2, 0.25) is 5.91 Å². The highest BCUT2D eigenvalue weighted by atomic mass is 16.2. The molecule has 2 heterocycles. The van der Waals surface area contributed by atoms with Gasteiger partial charge in [-0.05, 0) is 56.2 Å². The zero-order valence-corrected chi connectivity index (χ0v) is 16.2. The zero-order chi connectivity index (χ0) is 19.1. The Morgan fingerprint density at radius 1 is 1.19 bits per heavy atom. The summed E-state index contributed by atoms with van der Waals surface area (Å²) in [5.41, 5.74) is 6.59. The zero-order valence-electron chi connectivity index (χ0n) is 16.2. The monoisotopic (exact) mass is 359 g/mol. The van der Waals surface area contributed by atoms with Crippen LogP contribution in [0.2, 0.25) is 0 Å². The minimum Gasteiger partial charge on any atom is -0.324 e. The first kappa shape index (κ1) is 17.5. The molecule has 4 rings (SSSR count). The molecule has 1 aromatic heterocycles. The summed E-state index contributed by atoms with van der Waals surface area (Å²) in [4.78, 5) is 19.6. The van der Waals surface area contributed by atoms with Gasteiger partial charge in [0, 0.05) is 31.1 Å². The van der Waals surface area contributed by atoms with Crippen molar-refractivity contribution in [1.82, 2.24) is 9.55 Å². The van der Waals surface area contributed by atoms with Crippen LogP contribution < -0.4 is 4.90 Å². The third-order valence-corrected chi connectivity index (χ3v) is 5.40. The molecule has 27 heavy (non-hydrogen) atoms. The first-order chi connectivity index (χ1) is 12.9. The molecule has 0 radical (unpaired) electrons. The summed E-state index contributed by atoms with van der Waals surface area (Å²) in [7, 11) is 0. The molecular formula is C23H25N3O. The van der Waals surface area contributed by atoms with Crippen LogP contribution in [-0.4, -0.2) is 22.0 Å². The molecule has 3 aromatic rings. The molecule has 4 heteroatoms. The Kier molecular flexibility index (Phi) is 4.34. The molecule has 0 bridgehead atoms. The van der Waals surface area contributed by atoms with Crippen LogP contribution in [0.25, 0.3) is 11.0 Å². The number of anilines is 1. The van der Waals surface area contributed by atoms with E-state index in [0.717, 1.165) is 34.7 Å². The number of para-hydroxylation sites is 2. The first-order valence-corrected chi connectivity index (χ1v) is 9.41. The van der Waals surface area contributed by atoms with Crippen LogP contribution in [0, 0.1) is 13.8 Å². The van der Waals surface area contributed by atoms with Gasteiger partial charge in [-0.2, -0.15) is 0 Å². The molecule has 1 atom stereocenters. The van der Waals surface area contributed by atoms with Gasteiger partial charge in [-0.3, -0.25) is 4.79 Å². The molecule has 2 aromatic carbocycles. The van der Waals surface area contributed by atoms with Crippen molar-refractivity contribution >= 4 is 22.6 Å². The molecule has 1 amide bonds. The lowest BCUT2D eigenvalue weighted by molar-refractivity contribution is -0.117. The number of rotatable bonds is 4. The molecule has 138 valence electrons. The number of carbonyl (C=O) groups excluding carboxylic acids is 1. The third-order valence-electron chi connectivity index (χ3n) is 5.40. The van der Waals surface area contributed by atoms with Gasteiger partial charge in [0.1, 0.15) is 5.82 Å². The summed E-state index contributed by atoms with van der Waals surface area (Å²) in [5, 5.41) is 0. The second kappa shape index (κ2) is 6.69. The minimum absolute atomic E-state index is 0.0888. The van der Waals surface area contributed by atoms with E-state index in [1.807, 2.05) is 36.1 Å². The Balaban J connectivity index is 1.71. The van der Waals surface area contributed by atoms with Crippen LogP contribution in [0.4, 0.5) is 5.69 Å². The fourth-order valence-electron chi connectivity index (χ4n) is 3.87. The number of imidazole rings is 1. The highest BCUT2D eigenvalue weighted by Gasteiger charge is 2.34. The summed E-state index contributed by atoms with van der Waals surface area (Å²) < 4.78 is 2.22. The standard InChI is InChI=1S/C23H25N3O/c1-15(2)13-26-21-8-6-5-7-20(21)24-23(26)18-12-22(27)25(14-18)19-10-9-16(3)17(4)11-19/h5-11,18H,1,12-14H2,2-4H3/t18-/m0/s1. The van der Waals surface area contributed by atoms with E-state index in [1.54, 1.807) is 0 Å². The van der Waals surface area contributed by atoms with Crippen molar-refractivity contribution in [2.24, 2.45) is 0 Å². The van der Waals surface area contributed by atoms with E-state index in [1.165, 1.54) is 11.1 Å². The molecule has 1 aliphatic heterocycles. The number of aryl methyl sites for hydroxylation is 2. The number of amides is 1. The SMILES string of the molecule is C=C(C)Cn1c([C@H]2CC(=O)N(c3ccc(C)c(C)c3)C2)nc2ccccc21. The number of nitrogens with zero attached hydrogens (tertiary/aromatic N) is 3. The van der Waals surface area contributed by atoms with Crippen LogP contribution in [0.5, 0.6) is 0 Å². The lowest BCUT2D eigenvalue weighted by atomic mass is 10.1. The smallest absolute Gasteiger partial charge is 0.227 e. The number of aromatic nitrogens is 2. The molecule has 1 aliphatic rings. The molecule has 0 aliphatic carbocycles. The third kappa shape index (κ3) is 3.16. The van der Waals surface area contributed by atoms with Gasteiger partial charge in [-0.1, -0.05) is 30.4 Å². The molecule has 1 fully saturated rings. The number of hydrogen-bond donors (Lipinski definition) is 0. The van der Waals surface area contributed by atoms with E-state index in [-0.39, 0.29) is 11.8 Å². The number of allylic oxidation sites excluding steroid dienone is 1. The predicted molar refractivity (Wildman–Crippen MR) is 110 cm³/mol. The molecule has 0 N–H and O–H groups in total. The topological polar surface area (TPSA) is 38.1 Å². The Morgan fingerprint density at radius 2 is 1.96 bits per heavy atom. The Labute approximate surface area is 160 Å². The summed E-state index contributed by atoms with van der Waals surface area (Å²) in [6.45, 7) is 11.7. The van der Waals surface area contributed by atoms with Crippen molar-refractivity contribution in [3.05, 3.63) is 71.6 Å². The number of hydrogen-bond acceptors (Lipinski definition) is 2. The van der Waals surface area contributed by atoms with Crippen LogP contribution in [0.3, 0.4) is 0 Å². The summed E-state index contributed by atoms with van der Waals surface area (Å²) in [5.74, 6) is 1.24. The number of benzene rings is 2. The van der Waals surface area contributed by atoms with Crippen molar-refractivity contribution in [1.29, 1.82) is 0 Å². The molecule has 0 spiro atoms. The maximum absolute atomic E-state index is 12.8. The fourth-order valence-corrected chi connectivity index (χ4v) is 3.87. The van der Waals surface area contributed by atoms with Crippen molar-refractivity contribution < 1.29 is 4.79 Å². The average Bonchev–Trinajstić information content (AvgIpc) is 3.18. The fraction of sp³-hybridized carbons (Fsp3) is 0.304. The van der Waals surface area contributed by atoms with Crippen LogP contribution >= 0.6 is 0 Å². The molecule has 0 saturated carbocycles. The molecule has 4 nitrogen and oxygen atoms in total. The van der Waals surface area contributed by atoms with E-state index in [9.17, 15) is 4.79 Å². The van der Waals surface area contributed by atoms with E-state index < -0.39 is 0 Å². The average molecular weight is 359 g/mol. The first-order valence-electron chi connectivity index (χ1n) is 9.41. The van der Waals surface area contributed by atoms with Crippen molar-refractivity contribution in [3.8, 4) is 0 Å². The molecule has 0 unspecified atom stereocenters. The van der Waals surface area contributed by atoms with E-state index >= 15 is 0 Å². The van der Waals surface area contributed by atoms with E-state index in [2.05, 4.69) is 43.2 Å². The minimum atomic E-state index is 0.0888. The second-order valence-corrected chi connectivity index (χ2v) is 7.68. The van der Waals surface area contributed by atoms with Gasteiger partial charge < -0.3 is 9.47 Å². The van der Waals surface area contributed by atoms with Gasteiger partial charge in [-0.25, -0.2) is 4.98 Å². The van der Waals surface area contributed by atoms with E-state index in [0.29, 0.717) is 13.0 Å². The second-order valence-electron chi connectivity index (χ2n) is 7.68. The Hall–Kier alpha value is -2.88. The Morgan fingerprint density at radius 3 is 2.70 bits per heavy atom. The van der Waals surface area contributed by atoms with Crippen molar-refractivity contribution in [2.45, 2.75) is 39.7 Å². The highest BCUT2D eigenvalue weighted by Crippen LogP contribution is 2.34. The van der Waals surface area contributed by atoms with Crippen molar-refractivity contribution in [3.63, 3.8) is 0 Å². The van der Waals surface area contributed by atoms with Gasteiger partial charge in [0.05, 0.1) is 11.0 Å². The summed E-state index contributed by atoms with van der Waals surface area (Å²) >= 11 is 0. The normalized spacial score (nSPS) is 17.1. The highest BCUT2D eigenvalue weighted by molar-refractivity contribution is 5.96. The van der Waals surface area contributed by atoms with Gasteiger partial charge in [-0.15, -0.1) is 0 Å². The maximum atomic E-state index is 12.8. The Bertz CT molecular complexity index is 1050. The summed E-state index contributed by atoms with van der Waals surface area (Å²) in [6, 6.07) is 14.4. The van der Waals surface area contributed by atoms with Crippen LogP contribution in [0.1, 0.15) is 36.2 Å². The maximum Gasteiger partial charge on any atom is 0.227 e. The lowest BCUT2D eigenvalue weighted by Gasteiger charge is -2.18. The lowest BCUT2D eigenvalue weighted by Crippen LogP contribution is -2.24. The molecular weight excluding hydrogens is 334 g/mol.